The number of hydrogen-bond donors (Lipinski definition) is 1. The molecule has 1 nitrogen and oxygen atoms in total. The summed E-state index contributed by atoms with van der Waals surface area (Å²) in [6.45, 7) is 1.48. The summed E-state index contributed by atoms with van der Waals surface area (Å²) in [5.74, 6) is 0.923. The highest BCUT2D eigenvalue weighted by Gasteiger charge is 2.04. The van der Waals surface area contributed by atoms with E-state index in [1.165, 1.54) is 18.6 Å². The molecule has 0 saturated heterocycles. The standard InChI is InChI=1S/C13H19ClFNS/c1-17-9-4-2-3-8-16-10-11-6-5-7-12(14)13(11)15/h5-7,16H,2-4,8-10H2,1H3. The highest BCUT2D eigenvalue weighted by Crippen LogP contribution is 2.17. The van der Waals surface area contributed by atoms with Crippen molar-refractivity contribution in [2.75, 3.05) is 18.6 Å². The van der Waals surface area contributed by atoms with Crippen molar-refractivity contribution in [1.82, 2.24) is 5.32 Å². The molecule has 0 heterocycles. The SMILES string of the molecule is CSCCCCCNCc1cccc(Cl)c1F. The molecule has 96 valence electrons. The van der Waals surface area contributed by atoms with E-state index in [1.54, 1.807) is 18.2 Å². The number of hydrogen-bond acceptors (Lipinski definition) is 2. The summed E-state index contributed by atoms with van der Waals surface area (Å²) in [6, 6.07) is 5.12. The Morgan fingerprint density at radius 2 is 2.12 bits per heavy atom. The molecule has 0 amide bonds. The van der Waals surface area contributed by atoms with Gasteiger partial charge in [0.05, 0.1) is 5.02 Å². The van der Waals surface area contributed by atoms with E-state index < -0.39 is 0 Å². The number of halogens is 2. The van der Waals surface area contributed by atoms with Crippen molar-refractivity contribution in [1.29, 1.82) is 0 Å². The van der Waals surface area contributed by atoms with Crippen LogP contribution in [0.3, 0.4) is 0 Å². The summed E-state index contributed by atoms with van der Waals surface area (Å²) >= 11 is 7.59. The Bertz CT molecular complexity index is 333. The lowest BCUT2D eigenvalue weighted by Gasteiger charge is -2.06. The predicted octanol–water partition coefficient (Wildman–Crippen LogP) is 4.10. The number of benzene rings is 1. The lowest BCUT2D eigenvalue weighted by Crippen LogP contribution is -2.15. The minimum Gasteiger partial charge on any atom is -0.313 e. The van der Waals surface area contributed by atoms with Crippen molar-refractivity contribution in [3.05, 3.63) is 34.6 Å². The van der Waals surface area contributed by atoms with E-state index >= 15 is 0 Å². The van der Waals surface area contributed by atoms with Crippen LogP contribution in [0.5, 0.6) is 0 Å². The fourth-order valence-corrected chi connectivity index (χ4v) is 2.27. The number of nitrogens with one attached hydrogen (secondary N) is 1. The monoisotopic (exact) mass is 275 g/mol. The third-order valence-electron chi connectivity index (χ3n) is 2.55. The van der Waals surface area contributed by atoms with Gasteiger partial charge in [-0.05, 0) is 37.5 Å². The van der Waals surface area contributed by atoms with Gasteiger partial charge in [-0.25, -0.2) is 4.39 Å². The highest BCUT2D eigenvalue weighted by molar-refractivity contribution is 7.98. The maximum atomic E-state index is 13.5. The van der Waals surface area contributed by atoms with Crippen molar-refractivity contribution in [3.63, 3.8) is 0 Å². The molecule has 0 aliphatic rings. The van der Waals surface area contributed by atoms with Gasteiger partial charge in [-0.3, -0.25) is 0 Å². The van der Waals surface area contributed by atoms with Crippen LogP contribution < -0.4 is 5.32 Å². The summed E-state index contributed by atoms with van der Waals surface area (Å²) in [5, 5.41) is 3.44. The Labute approximate surface area is 112 Å². The number of unbranched alkanes of at least 4 members (excludes halogenated alkanes) is 2. The third-order valence-corrected chi connectivity index (χ3v) is 3.54. The molecule has 0 radical (unpaired) electrons. The van der Waals surface area contributed by atoms with E-state index in [9.17, 15) is 4.39 Å². The lowest BCUT2D eigenvalue weighted by atomic mass is 10.2. The van der Waals surface area contributed by atoms with Crippen LogP contribution >= 0.6 is 23.4 Å². The molecule has 0 spiro atoms. The predicted molar refractivity (Wildman–Crippen MR) is 75.3 cm³/mol. The first-order chi connectivity index (χ1) is 8.25. The molecule has 1 aromatic rings. The molecule has 0 saturated carbocycles. The van der Waals surface area contributed by atoms with Gasteiger partial charge in [-0.15, -0.1) is 0 Å². The van der Waals surface area contributed by atoms with E-state index in [0.29, 0.717) is 12.1 Å². The largest absolute Gasteiger partial charge is 0.313 e. The molecular weight excluding hydrogens is 257 g/mol. The van der Waals surface area contributed by atoms with Gasteiger partial charge in [0.1, 0.15) is 5.82 Å². The van der Waals surface area contributed by atoms with Crippen molar-refractivity contribution in [2.45, 2.75) is 25.8 Å². The Balaban J connectivity index is 2.16. The minimum atomic E-state index is -0.302. The molecule has 1 aromatic carbocycles. The Morgan fingerprint density at radius 1 is 1.29 bits per heavy atom. The van der Waals surface area contributed by atoms with Crippen molar-refractivity contribution >= 4 is 23.4 Å². The van der Waals surface area contributed by atoms with Gasteiger partial charge >= 0.3 is 0 Å². The Morgan fingerprint density at radius 3 is 2.88 bits per heavy atom. The van der Waals surface area contributed by atoms with Gasteiger partial charge in [-0.2, -0.15) is 11.8 Å². The first-order valence-electron chi connectivity index (χ1n) is 5.88. The van der Waals surface area contributed by atoms with Gasteiger partial charge in [0.2, 0.25) is 0 Å². The molecule has 17 heavy (non-hydrogen) atoms. The second-order valence-corrected chi connectivity index (χ2v) is 5.34. The minimum absolute atomic E-state index is 0.198. The van der Waals surface area contributed by atoms with E-state index in [4.69, 9.17) is 11.6 Å². The molecule has 1 rings (SSSR count). The summed E-state index contributed by atoms with van der Waals surface area (Å²) < 4.78 is 13.5. The van der Waals surface area contributed by atoms with Crippen molar-refractivity contribution < 1.29 is 4.39 Å². The highest BCUT2D eigenvalue weighted by atomic mass is 35.5. The molecule has 0 aromatic heterocycles. The topological polar surface area (TPSA) is 12.0 Å². The van der Waals surface area contributed by atoms with Crippen LogP contribution in [0.15, 0.2) is 18.2 Å². The first-order valence-corrected chi connectivity index (χ1v) is 7.65. The van der Waals surface area contributed by atoms with Crippen LogP contribution in [0.4, 0.5) is 4.39 Å². The molecule has 0 atom stereocenters. The van der Waals surface area contributed by atoms with Gasteiger partial charge < -0.3 is 5.32 Å². The third kappa shape index (κ3) is 5.75. The molecular formula is C13H19ClFNS. The maximum Gasteiger partial charge on any atom is 0.146 e. The molecule has 0 aliphatic carbocycles. The smallest absolute Gasteiger partial charge is 0.146 e. The van der Waals surface area contributed by atoms with Gasteiger partial charge in [0, 0.05) is 12.1 Å². The normalized spacial score (nSPS) is 10.8. The zero-order valence-electron chi connectivity index (χ0n) is 10.1. The van der Waals surface area contributed by atoms with E-state index in [0.717, 1.165) is 13.0 Å². The Hall–Kier alpha value is -0.250. The first kappa shape index (κ1) is 14.8. The molecule has 0 unspecified atom stereocenters. The maximum absolute atomic E-state index is 13.5. The summed E-state index contributed by atoms with van der Waals surface area (Å²) in [7, 11) is 0. The zero-order chi connectivity index (χ0) is 12.5. The van der Waals surface area contributed by atoms with Crippen LogP contribution in [0.2, 0.25) is 5.02 Å². The van der Waals surface area contributed by atoms with Crippen molar-refractivity contribution in [2.24, 2.45) is 0 Å². The number of rotatable bonds is 8. The van der Waals surface area contributed by atoms with Crippen LogP contribution in [-0.4, -0.2) is 18.6 Å². The van der Waals surface area contributed by atoms with Crippen molar-refractivity contribution in [3.8, 4) is 0 Å². The van der Waals surface area contributed by atoms with E-state index in [-0.39, 0.29) is 10.8 Å². The Kier molecular flexibility index (Phi) is 7.65. The van der Waals surface area contributed by atoms with Gasteiger partial charge in [0.15, 0.2) is 0 Å². The van der Waals surface area contributed by atoms with Gasteiger partial charge in [-0.1, -0.05) is 30.2 Å². The summed E-state index contributed by atoms with van der Waals surface area (Å²) in [5.41, 5.74) is 0.640. The fraction of sp³-hybridized carbons (Fsp3) is 0.538. The number of thioether (sulfide) groups is 1. The molecule has 0 bridgehead atoms. The zero-order valence-corrected chi connectivity index (χ0v) is 11.7. The molecule has 0 aliphatic heterocycles. The fourth-order valence-electron chi connectivity index (χ4n) is 1.58. The van der Waals surface area contributed by atoms with E-state index in [1.807, 2.05) is 11.8 Å². The second kappa shape index (κ2) is 8.78. The second-order valence-electron chi connectivity index (χ2n) is 3.94. The van der Waals surface area contributed by atoms with Crippen LogP contribution in [0, 0.1) is 5.82 Å². The average Bonchev–Trinajstić information content (AvgIpc) is 2.33. The molecule has 0 fully saturated rings. The molecule has 4 heteroatoms. The van der Waals surface area contributed by atoms with Crippen LogP contribution in [0.1, 0.15) is 24.8 Å². The van der Waals surface area contributed by atoms with Crippen LogP contribution in [-0.2, 0) is 6.54 Å². The van der Waals surface area contributed by atoms with Crippen LogP contribution in [0.25, 0.3) is 0 Å². The quantitative estimate of drug-likeness (QED) is 0.717. The summed E-state index contributed by atoms with van der Waals surface area (Å²) in [6.07, 6.45) is 5.75. The van der Waals surface area contributed by atoms with Gasteiger partial charge in [0.25, 0.3) is 0 Å². The summed E-state index contributed by atoms with van der Waals surface area (Å²) in [4.78, 5) is 0. The van der Waals surface area contributed by atoms with E-state index in [2.05, 4.69) is 11.6 Å². The lowest BCUT2D eigenvalue weighted by molar-refractivity contribution is 0.574. The average molecular weight is 276 g/mol. The molecule has 1 N–H and O–H groups in total.